The van der Waals surface area contributed by atoms with Crippen LogP contribution in [-0.2, 0) is 19.1 Å². The molecule has 2 rings (SSSR count). The highest BCUT2D eigenvalue weighted by atomic mass is 16.6. The minimum Gasteiger partial charge on any atom is -0.495 e. The zero-order chi connectivity index (χ0) is 21.6. The number of non-ortho nitro benzene ring substituents is 1. The van der Waals surface area contributed by atoms with Crippen molar-refractivity contribution in [3.63, 3.8) is 0 Å². The molecule has 0 bridgehead atoms. The molecule has 156 valence electrons. The van der Waals surface area contributed by atoms with Gasteiger partial charge in [-0.3, -0.25) is 19.8 Å². The summed E-state index contributed by atoms with van der Waals surface area (Å²) in [5, 5.41) is 11.3. The molecule has 29 heavy (non-hydrogen) atoms. The van der Waals surface area contributed by atoms with Crippen LogP contribution < -0.4 is 5.73 Å². The zero-order valence-corrected chi connectivity index (χ0v) is 16.7. The standard InChI is InChI=1S/C20H25N3O6/c1-13-17(20(25)28-3)18(15-7-6-8-16(11-15)23(26)27)19(14(2)22(13)12-24)29-10-5-4-9-21/h6-8,11-12,18H,4-5,9-10,21H2,1-3H3. The molecule has 0 aromatic heterocycles. The van der Waals surface area contributed by atoms with E-state index in [2.05, 4.69) is 0 Å². The highest BCUT2D eigenvalue weighted by Gasteiger charge is 2.38. The topological polar surface area (TPSA) is 125 Å². The second-order valence-corrected chi connectivity index (χ2v) is 6.55. The number of carbonyl (C=O) groups excluding carboxylic acids is 2. The number of esters is 1. The Morgan fingerprint density at radius 2 is 2.03 bits per heavy atom. The second-order valence-electron chi connectivity index (χ2n) is 6.55. The maximum Gasteiger partial charge on any atom is 0.336 e. The molecule has 1 aliphatic heterocycles. The van der Waals surface area contributed by atoms with Crippen molar-refractivity contribution in [2.24, 2.45) is 5.73 Å². The molecule has 0 fully saturated rings. The molecule has 1 atom stereocenters. The number of rotatable bonds is 9. The molecule has 9 heteroatoms. The van der Waals surface area contributed by atoms with Crippen molar-refractivity contribution in [2.75, 3.05) is 20.3 Å². The first kappa shape index (κ1) is 22.1. The fourth-order valence-corrected chi connectivity index (χ4v) is 3.33. The molecule has 0 saturated carbocycles. The number of carbonyl (C=O) groups is 2. The van der Waals surface area contributed by atoms with Crippen LogP contribution in [0.1, 0.15) is 38.2 Å². The van der Waals surface area contributed by atoms with Crippen molar-refractivity contribution >= 4 is 18.1 Å². The van der Waals surface area contributed by atoms with Crippen LogP contribution in [0, 0.1) is 10.1 Å². The molecule has 2 N–H and O–H groups in total. The fourth-order valence-electron chi connectivity index (χ4n) is 3.33. The molecule has 1 amide bonds. The van der Waals surface area contributed by atoms with Gasteiger partial charge in [0.2, 0.25) is 6.41 Å². The highest BCUT2D eigenvalue weighted by Crippen LogP contribution is 2.43. The van der Waals surface area contributed by atoms with Crippen molar-refractivity contribution in [1.82, 2.24) is 4.90 Å². The number of benzene rings is 1. The van der Waals surface area contributed by atoms with Crippen LogP contribution >= 0.6 is 0 Å². The maximum atomic E-state index is 12.6. The van der Waals surface area contributed by atoms with E-state index in [9.17, 15) is 19.7 Å². The van der Waals surface area contributed by atoms with Gasteiger partial charge in [0, 0.05) is 17.8 Å². The van der Waals surface area contributed by atoms with Crippen LogP contribution in [0.3, 0.4) is 0 Å². The number of hydrogen-bond acceptors (Lipinski definition) is 7. The molecule has 0 aliphatic carbocycles. The predicted molar refractivity (Wildman–Crippen MR) is 105 cm³/mol. The second kappa shape index (κ2) is 9.83. The first-order chi connectivity index (χ1) is 13.9. The monoisotopic (exact) mass is 403 g/mol. The SMILES string of the molecule is COC(=O)C1=C(C)N(C=O)C(C)=C(OCCCCN)C1c1cccc([N+](=O)[O-])c1. The lowest BCUT2D eigenvalue weighted by Gasteiger charge is -2.35. The summed E-state index contributed by atoms with van der Waals surface area (Å²) in [4.78, 5) is 36.4. The fraction of sp³-hybridized carbons (Fsp3) is 0.400. The summed E-state index contributed by atoms with van der Waals surface area (Å²) in [6.45, 7) is 4.17. The number of nitro benzene ring substituents is 1. The van der Waals surface area contributed by atoms with Gasteiger partial charge >= 0.3 is 5.97 Å². The lowest BCUT2D eigenvalue weighted by Crippen LogP contribution is -2.32. The van der Waals surface area contributed by atoms with Crippen molar-refractivity contribution < 1.29 is 24.0 Å². The van der Waals surface area contributed by atoms with Gasteiger partial charge in [-0.25, -0.2) is 4.79 Å². The Morgan fingerprint density at radius 3 is 2.62 bits per heavy atom. The summed E-state index contributed by atoms with van der Waals surface area (Å²) in [5.41, 5.74) is 7.00. The van der Waals surface area contributed by atoms with E-state index >= 15 is 0 Å². The normalized spacial score (nSPS) is 16.7. The number of unbranched alkanes of at least 4 members (excludes halogenated alkanes) is 1. The third-order valence-corrected chi connectivity index (χ3v) is 4.80. The Balaban J connectivity index is 2.63. The Labute approximate surface area is 168 Å². The third kappa shape index (κ3) is 4.62. The molecule has 0 radical (unpaired) electrons. The van der Waals surface area contributed by atoms with E-state index in [1.165, 1.54) is 24.1 Å². The van der Waals surface area contributed by atoms with Crippen molar-refractivity contribution in [3.8, 4) is 0 Å². The van der Waals surface area contributed by atoms with Crippen molar-refractivity contribution in [1.29, 1.82) is 0 Å². The molecule has 1 unspecified atom stereocenters. The average molecular weight is 403 g/mol. The molecule has 1 aromatic carbocycles. The highest BCUT2D eigenvalue weighted by molar-refractivity contribution is 5.93. The number of ether oxygens (including phenoxy) is 2. The van der Waals surface area contributed by atoms with E-state index in [0.717, 1.165) is 6.42 Å². The number of nitrogens with two attached hydrogens (primary N) is 1. The molecule has 1 aliphatic rings. The Kier molecular flexibility index (Phi) is 7.49. The van der Waals surface area contributed by atoms with Gasteiger partial charge in [0.25, 0.3) is 5.69 Å². The van der Waals surface area contributed by atoms with Crippen LogP contribution in [0.4, 0.5) is 5.69 Å². The number of nitrogens with zero attached hydrogens (tertiary/aromatic N) is 2. The van der Waals surface area contributed by atoms with E-state index in [4.69, 9.17) is 15.2 Å². The lowest BCUT2D eigenvalue weighted by atomic mass is 9.84. The van der Waals surface area contributed by atoms with E-state index in [1.807, 2.05) is 0 Å². The Hall–Kier alpha value is -3.20. The van der Waals surface area contributed by atoms with E-state index in [0.29, 0.717) is 48.7 Å². The summed E-state index contributed by atoms with van der Waals surface area (Å²) in [6.07, 6.45) is 2.04. The quantitative estimate of drug-likeness (QED) is 0.221. The van der Waals surface area contributed by atoms with E-state index < -0.39 is 16.8 Å². The molecule has 9 nitrogen and oxygen atoms in total. The van der Waals surface area contributed by atoms with Gasteiger partial charge in [-0.05, 0) is 38.8 Å². The number of amides is 1. The number of nitro groups is 1. The minimum absolute atomic E-state index is 0.109. The molecule has 1 heterocycles. The van der Waals surface area contributed by atoms with Gasteiger partial charge in [0.05, 0.1) is 35.8 Å². The van der Waals surface area contributed by atoms with Crippen LogP contribution in [0.15, 0.2) is 47.0 Å². The Morgan fingerprint density at radius 1 is 1.31 bits per heavy atom. The molecular weight excluding hydrogens is 378 g/mol. The van der Waals surface area contributed by atoms with Gasteiger partial charge in [-0.2, -0.15) is 0 Å². The zero-order valence-electron chi connectivity index (χ0n) is 16.7. The van der Waals surface area contributed by atoms with Gasteiger partial charge < -0.3 is 15.2 Å². The van der Waals surface area contributed by atoms with Crippen LogP contribution in [0.5, 0.6) is 0 Å². The van der Waals surface area contributed by atoms with Crippen LogP contribution in [0.2, 0.25) is 0 Å². The summed E-state index contributed by atoms with van der Waals surface area (Å²) in [5.74, 6) is -1.00. The van der Waals surface area contributed by atoms with Crippen molar-refractivity contribution in [2.45, 2.75) is 32.6 Å². The molecule has 0 spiro atoms. The summed E-state index contributed by atoms with van der Waals surface area (Å²) < 4.78 is 10.9. The molecule has 0 saturated heterocycles. The predicted octanol–water partition coefficient (Wildman–Crippen LogP) is 2.58. The van der Waals surface area contributed by atoms with Crippen LogP contribution in [0.25, 0.3) is 0 Å². The van der Waals surface area contributed by atoms with Gasteiger partial charge in [-0.15, -0.1) is 0 Å². The first-order valence-electron chi connectivity index (χ1n) is 9.18. The summed E-state index contributed by atoms with van der Waals surface area (Å²) in [6, 6.07) is 6.00. The maximum absolute atomic E-state index is 12.6. The molecule has 1 aromatic rings. The van der Waals surface area contributed by atoms with E-state index in [1.54, 1.807) is 26.0 Å². The van der Waals surface area contributed by atoms with Crippen molar-refractivity contribution in [3.05, 3.63) is 62.7 Å². The van der Waals surface area contributed by atoms with E-state index in [-0.39, 0.29) is 11.3 Å². The average Bonchev–Trinajstić information content (AvgIpc) is 2.72. The van der Waals surface area contributed by atoms with Gasteiger partial charge in [0.1, 0.15) is 5.76 Å². The minimum atomic E-state index is -0.739. The largest absolute Gasteiger partial charge is 0.495 e. The summed E-state index contributed by atoms with van der Waals surface area (Å²) >= 11 is 0. The first-order valence-corrected chi connectivity index (χ1v) is 9.18. The van der Waals surface area contributed by atoms with Gasteiger partial charge in [-0.1, -0.05) is 12.1 Å². The third-order valence-electron chi connectivity index (χ3n) is 4.80. The number of allylic oxidation sites excluding steroid dienone is 3. The number of hydrogen-bond donors (Lipinski definition) is 1. The summed E-state index contributed by atoms with van der Waals surface area (Å²) in [7, 11) is 1.24. The Bertz CT molecular complexity index is 862. The number of methoxy groups -OCH3 is 1. The smallest absolute Gasteiger partial charge is 0.336 e. The molecular formula is C20H25N3O6. The van der Waals surface area contributed by atoms with Gasteiger partial charge in [0.15, 0.2) is 0 Å². The lowest BCUT2D eigenvalue weighted by molar-refractivity contribution is -0.384. The van der Waals surface area contributed by atoms with Crippen LogP contribution in [-0.4, -0.2) is 42.5 Å².